The number of halogens is 1. The van der Waals surface area contributed by atoms with Crippen LogP contribution in [0.4, 0.5) is 4.39 Å². The second kappa shape index (κ2) is 9.42. The van der Waals surface area contributed by atoms with E-state index < -0.39 is 33.6 Å². The summed E-state index contributed by atoms with van der Waals surface area (Å²) in [6.45, 7) is 8.04. The summed E-state index contributed by atoms with van der Waals surface area (Å²) in [6.07, 6.45) is 3.49. The fourth-order valence-corrected chi connectivity index (χ4v) is 6.75. The highest BCUT2D eigenvalue weighted by molar-refractivity contribution is 7.88. The predicted octanol–water partition coefficient (Wildman–Crippen LogP) is 1.77. The largest absolute Gasteiger partial charge is 0.361 e. The number of hydrogen-bond acceptors (Lipinski definition) is 5. The maximum absolute atomic E-state index is 14.0. The van der Waals surface area contributed by atoms with Gasteiger partial charge in [0.25, 0.3) is 0 Å². The van der Waals surface area contributed by atoms with Crippen molar-refractivity contribution in [3.63, 3.8) is 0 Å². The summed E-state index contributed by atoms with van der Waals surface area (Å²) in [5, 5.41) is 6.62. The maximum atomic E-state index is 14.0. The standard InChI is InChI=1S/C25H36FN5O4S/c1-14(27-5)23(32)29-22(25(2,3)4)24(33)30-10-9-20-21(30)18(13-31(20)36(6,34)35)17-12-28-19-11-15(26)7-8-16(17)19/h7-8,11-12,14,18,20-22,27-28H,9-10,13H2,1-6H3,(H,29,32)/t14-,18+,20+,21+,22+/m0/s1. The monoisotopic (exact) mass is 521 g/mol. The van der Waals surface area contributed by atoms with Crippen molar-refractivity contribution in [2.75, 3.05) is 26.4 Å². The lowest BCUT2D eigenvalue weighted by atomic mass is 9.84. The highest BCUT2D eigenvalue weighted by Gasteiger charge is 2.55. The van der Waals surface area contributed by atoms with Crippen LogP contribution in [0.15, 0.2) is 24.4 Å². The molecule has 3 heterocycles. The number of likely N-dealkylation sites (N-methyl/N-ethyl adjacent to an activating group) is 1. The lowest BCUT2D eigenvalue weighted by Gasteiger charge is -2.37. The molecular weight excluding hydrogens is 485 g/mol. The molecule has 2 saturated heterocycles. The molecule has 1 aromatic carbocycles. The molecule has 36 heavy (non-hydrogen) atoms. The van der Waals surface area contributed by atoms with E-state index in [0.717, 1.165) is 10.9 Å². The van der Waals surface area contributed by atoms with Crippen molar-refractivity contribution in [1.29, 1.82) is 0 Å². The first kappa shape index (κ1) is 26.6. The summed E-state index contributed by atoms with van der Waals surface area (Å²) in [6, 6.07) is 2.45. The highest BCUT2D eigenvalue weighted by atomic mass is 32.2. The van der Waals surface area contributed by atoms with Crippen molar-refractivity contribution in [2.45, 2.75) is 64.2 Å². The lowest BCUT2D eigenvalue weighted by molar-refractivity contribution is -0.140. The molecule has 2 aliphatic rings. The van der Waals surface area contributed by atoms with Gasteiger partial charge in [0, 0.05) is 42.1 Å². The number of likely N-dealkylation sites (tertiary alicyclic amines) is 1. The van der Waals surface area contributed by atoms with Crippen LogP contribution >= 0.6 is 0 Å². The van der Waals surface area contributed by atoms with Gasteiger partial charge >= 0.3 is 0 Å². The molecule has 2 amide bonds. The van der Waals surface area contributed by atoms with Crippen molar-refractivity contribution in [1.82, 2.24) is 24.8 Å². The normalized spacial score (nSPS) is 24.6. The summed E-state index contributed by atoms with van der Waals surface area (Å²) in [4.78, 5) is 31.6. The molecule has 2 aliphatic heterocycles. The number of sulfonamides is 1. The molecule has 0 radical (unpaired) electrons. The number of carbonyl (C=O) groups is 2. The van der Waals surface area contributed by atoms with E-state index in [9.17, 15) is 22.4 Å². The van der Waals surface area contributed by atoms with Crippen LogP contribution in [0.1, 0.15) is 45.6 Å². The topological polar surface area (TPSA) is 115 Å². The first-order chi connectivity index (χ1) is 16.7. The van der Waals surface area contributed by atoms with Crippen molar-refractivity contribution < 1.29 is 22.4 Å². The van der Waals surface area contributed by atoms with E-state index >= 15 is 0 Å². The second-order valence-corrected chi connectivity index (χ2v) is 13.0. The number of carbonyl (C=O) groups excluding carboxylic acids is 2. The molecule has 0 saturated carbocycles. The van der Waals surface area contributed by atoms with E-state index in [1.807, 2.05) is 20.8 Å². The van der Waals surface area contributed by atoms with Gasteiger partial charge < -0.3 is 20.5 Å². The number of nitrogens with one attached hydrogen (secondary N) is 3. The van der Waals surface area contributed by atoms with Gasteiger partial charge in [-0.2, -0.15) is 4.31 Å². The average Bonchev–Trinajstić information content (AvgIpc) is 3.48. The SMILES string of the molecule is CN[C@@H](C)C(=O)N[C@H](C(=O)N1CC[C@@H]2[C@H]1[C@@H](c1c[nH]c3cc(F)ccc13)CN2S(C)(=O)=O)C(C)(C)C. The zero-order valence-electron chi connectivity index (χ0n) is 21.6. The minimum atomic E-state index is -3.52. The predicted molar refractivity (Wildman–Crippen MR) is 136 cm³/mol. The number of nitrogens with zero attached hydrogens (tertiary/aromatic N) is 2. The first-order valence-corrected chi connectivity index (χ1v) is 14.1. The van der Waals surface area contributed by atoms with Gasteiger partial charge in [-0.25, -0.2) is 12.8 Å². The number of H-pyrrole nitrogens is 1. The number of rotatable bonds is 6. The van der Waals surface area contributed by atoms with Gasteiger partial charge in [-0.05, 0) is 49.6 Å². The third-order valence-corrected chi connectivity index (χ3v) is 8.86. The number of fused-ring (bicyclic) bond motifs is 2. The van der Waals surface area contributed by atoms with Gasteiger partial charge in [0.2, 0.25) is 21.8 Å². The Bertz CT molecular complexity index is 1270. The van der Waals surface area contributed by atoms with Crippen molar-refractivity contribution in [2.24, 2.45) is 5.41 Å². The van der Waals surface area contributed by atoms with Crippen LogP contribution in [0.2, 0.25) is 0 Å². The fraction of sp³-hybridized carbons (Fsp3) is 0.600. The molecule has 0 bridgehead atoms. The van der Waals surface area contributed by atoms with E-state index in [0.29, 0.717) is 18.5 Å². The molecule has 9 nitrogen and oxygen atoms in total. The average molecular weight is 522 g/mol. The zero-order chi connectivity index (χ0) is 26.6. The molecule has 11 heteroatoms. The maximum Gasteiger partial charge on any atom is 0.246 e. The van der Waals surface area contributed by atoms with E-state index in [-0.39, 0.29) is 36.1 Å². The number of aromatic amines is 1. The molecular formula is C25H36FN5O4S. The van der Waals surface area contributed by atoms with Gasteiger partial charge in [-0.1, -0.05) is 20.8 Å². The van der Waals surface area contributed by atoms with Gasteiger partial charge in [0.05, 0.1) is 18.3 Å². The molecule has 2 aromatic rings. The molecule has 0 spiro atoms. The van der Waals surface area contributed by atoms with E-state index in [4.69, 9.17) is 0 Å². The molecule has 0 aliphatic carbocycles. The van der Waals surface area contributed by atoms with E-state index in [1.165, 1.54) is 22.7 Å². The molecule has 198 valence electrons. The van der Waals surface area contributed by atoms with Crippen LogP contribution in [-0.4, -0.2) is 85.0 Å². The first-order valence-electron chi connectivity index (χ1n) is 12.3. The van der Waals surface area contributed by atoms with Crippen molar-refractivity contribution >= 4 is 32.7 Å². The Kier molecular flexibility index (Phi) is 6.95. The van der Waals surface area contributed by atoms with E-state index in [1.54, 1.807) is 31.1 Å². The van der Waals surface area contributed by atoms with Crippen LogP contribution in [0, 0.1) is 11.2 Å². The Labute approximate surface area is 211 Å². The molecule has 2 fully saturated rings. The minimum absolute atomic E-state index is 0.224. The van der Waals surface area contributed by atoms with Crippen molar-refractivity contribution in [3.8, 4) is 0 Å². The molecule has 3 N–H and O–H groups in total. The number of aromatic nitrogens is 1. The Morgan fingerprint density at radius 3 is 2.56 bits per heavy atom. The molecule has 4 rings (SSSR count). The summed E-state index contributed by atoms with van der Waals surface area (Å²) in [5.74, 6) is -1.17. The number of amides is 2. The minimum Gasteiger partial charge on any atom is -0.361 e. The summed E-state index contributed by atoms with van der Waals surface area (Å²) >= 11 is 0. The van der Waals surface area contributed by atoms with Crippen LogP contribution in [-0.2, 0) is 19.6 Å². The Morgan fingerprint density at radius 2 is 1.94 bits per heavy atom. The van der Waals surface area contributed by atoms with Gasteiger partial charge in [0.1, 0.15) is 11.9 Å². The number of hydrogen-bond donors (Lipinski definition) is 3. The number of benzene rings is 1. The fourth-order valence-electron chi connectivity index (χ4n) is 5.60. The molecule has 5 atom stereocenters. The smallest absolute Gasteiger partial charge is 0.246 e. The van der Waals surface area contributed by atoms with E-state index in [2.05, 4.69) is 15.6 Å². The Morgan fingerprint density at radius 1 is 1.25 bits per heavy atom. The van der Waals surface area contributed by atoms with Gasteiger partial charge in [0.15, 0.2) is 0 Å². The molecule has 1 aromatic heterocycles. The zero-order valence-corrected chi connectivity index (χ0v) is 22.4. The van der Waals surface area contributed by atoms with Gasteiger partial charge in [-0.15, -0.1) is 0 Å². The second-order valence-electron chi connectivity index (χ2n) is 11.1. The van der Waals surface area contributed by atoms with Crippen molar-refractivity contribution in [3.05, 3.63) is 35.8 Å². The summed E-state index contributed by atoms with van der Waals surface area (Å²) in [7, 11) is -1.85. The Hall–Kier alpha value is -2.50. The van der Waals surface area contributed by atoms with Crippen LogP contribution < -0.4 is 10.6 Å². The summed E-state index contributed by atoms with van der Waals surface area (Å²) in [5.41, 5.74) is 0.906. The van der Waals surface area contributed by atoms with Crippen LogP contribution in [0.25, 0.3) is 10.9 Å². The quantitative estimate of drug-likeness (QED) is 0.536. The van der Waals surface area contributed by atoms with Gasteiger partial charge in [-0.3, -0.25) is 9.59 Å². The highest BCUT2D eigenvalue weighted by Crippen LogP contribution is 2.44. The third-order valence-electron chi connectivity index (χ3n) is 7.59. The Balaban J connectivity index is 1.74. The van der Waals surface area contributed by atoms with Crippen LogP contribution in [0.5, 0.6) is 0 Å². The summed E-state index contributed by atoms with van der Waals surface area (Å²) < 4.78 is 40.8. The molecule has 0 unspecified atom stereocenters. The lowest BCUT2D eigenvalue weighted by Crippen LogP contribution is -2.59. The third kappa shape index (κ3) is 4.76. The van der Waals surface area contributed by atoms with Crippen LogP contribution in [0.3, 0.4) is 0 Å².